The zero-order valence-electron chi connectivity index (χ0n) is 10.5. The van der Waals surface area contributed by atoms with Crippen LogP contribution >= 0.6 is 0 Å². The number of pyridine rings is 1. The van der Waals surface area contributed by atoms with Gasteiger partial charge in [0.25, 0.3) is 0 Å². The van der Waals surface area contributed by atoms with Gasteiger partial charge in [-0.25, -0.2) is 13.8 Å². The number of nitrogens with one attached hydrogen (secondary N) is 1. The van der Waals surface area contributed by atoms with Crippen molar-refractivity contribution in [3.8, 4) is 11.6 Å². The van der Waals surface area contributed by atoms with Crippen molar-refractivity contribution >= 4 is 0 Å². The standard InChI is InChI=1S/C14H14F2N2O/c1-2-17-9-10-5-6-18-14(7-10)19-13-8-11(15)3-4-12(13)16/h3-8,17H,2,9H2,1H3. The van der Waals surface area contributed by atoms with Gasteiger partial charge in [-0.2, -0.15) is 0 Å². The second-order valence-corrected chi connectivity index (χ2v) is 3.96. The van der Waals surface area contributed by atoms with Crippen molar-refractivity contribution in [2.45, 2.75) is 13.5 Å². The molecule has 5 heteroatoms. The molecule has 2 aromatic rings. The highest BCUT2D eigenvalue weighted by Gasteiger charge is 2.07. The number of ether oxygens (including phenoxy) is 1. The minimum Gasteiger partial charge on any atom is -0.436 e. The Labute approximate surface area is 110 Å². The predicted molar refractivity (Wildman–Crippen MR) is 68.0 cm³/mol. The van der Waals surface area contributed by atoms with Crippen LogP contribution in [0.25, 0.3) is 0 Å². The van der Waals surface area contributed by atoms with Crippen LogP contribution in [0, 0.1) is 11.6 Å². The summed E-state index contributed by atoms with van der Waals surface area (Å²) in [7, 11) is 0. The zero-order valence-corrected chi connectivity index (χ0v) is 10.5. The minimum atomic E-state index is -0.625. The van der Waals surface area contributed by atoms with E-state index in [-0.39, 0.29) is 11.6 Å². The molecule has 100 valence electrons. The molecule has 2 rings (SSSR count). The van der Waals surface area contributed by atoms with E-state index >= 15 is 0 Å². The monoisotopic (exact) mass is 264 g/mol. The number of benzene rings is 1. The third-order valence-electron chi connectivity index (χ3n) is 2.49. The topological polar surface area (TPSA) is 34.2 Å². The maximum absolute atomic E-state index is 13.4. The van der Waals surface area contributed by atoms with Crippen LogP contribution in [0.1, 0.15) is 12.5 Å². The molecule has 0 saturated carbocycles. The molecular weight excluding hydrogens is 250 g/mol. The minimum absolute atomic E-state index is 0.173. The Kier molecular flexibility index (Phi) is 4.41. The van der Waals surface area contributed by atoms with Crippen LogP contribution in [-0.2, 0) is 6.54 Å². The van der Waals surface area contributed by atoms with Crippen LogP contribution < -0.4 is 10.1 Å². The van der Waals surface area contributed by atoms with E-state index in [0.717, 1.165) is 30.3 Å². The first kappa shape index (κ1) is 13.4. The molecule has 0 aliphatic carbocycles. The molecule has 1 heterocycles. The first-order valence-corrected chi connectivity index (χ1v) is 5.97. The fourth-order valence-corrected chi connectivity index (χ4v) is 1.55. The Balaban J connectivity index is 2.16. The van der Waals surface area contributed by atoms with E-state index in [0.29, 0.717) is 6.54 Å². The van der Waals surface area contributed by atoms with E-state index in [1.165, 1.54) is 0 Å². The summed E-state index contributed by atoms with van der Waals surface area (Å²) in [5, 5.41) is 3.16. The van der Waals surface area contributed by atoms with Crippen molar-refractivity contribution < 1.29 is 13.5 Å². The number of aromatic nitrogens is 1. The van der Waals surface area contributed by atoms with Gasteiger partial charge in [-0.3, -0.25) is 0 Å². The molecule has 0 fully saturated rings. The molecule has 0 aliphatic heterocycles. The SMILES string of the molecule is CCNCc1ccnc(Oc2cc(F)ccc2F)c1. The molecule has 0 bridgehead atoms. The first-order valence-electron chi connectivity index (χ1n) is 5.97. The van der Waals surface area contributed by atoms with Crippen LogP contribution in [0.15, 0.2) is 36.5 Å². The highest BCUT2D eigenvalue weighted by Crippen LogP contribution is 2.24. The van der Waals surface area contributed by atoms with Crippen molar-refractivity contribution in [2.75, 3.05) is 6.54 Å². The van der Waals surface area contributed by atoms with Gasteiger partial charge in [0.05, 0.1) is 0 Å². The third kappa shape index (κ3) is 3.72. The van der Waals surface area contributed by atoms with Gasteiger partial charge < -0.3 is 10.1 Å². The summed E-state index contributed by atoms with van der Waals surface area (Å²) in [5.74, 6) is -1.12. The van der Waals surface area contributed by atoms with E-state index in [2.05, 4.69) is 10.3 Å². The van der Waals surface area contributed by atoms with Crippen molar-refractivity contribution in [3.63, 3.8) is 0 Å². The van der Waals surface area contributed by atoms with E-state index in [1.54, 1.807) is 12.3 Å². The smallest absolute Gasteiger partial charge is 0.219 e. The van der Waals surface area contributed by atoms with Crippen LogP contribution in [-0.4, -0.2) is 11.5 Å². The van der Waals surface area contributed by atoms with Gasteiger partial charge in [-0.15, -0.1) is 0 Å². The van der Waals surface area contributed by atoms with E-state index in [9.17, 15) is 8.78 Å². The fraction of sp³-hybridized carbons (Fsp3) is 0.214. The van der Waals surface area contributed by atoms with Gasteiger partial charge in [-0.05, 0) is 30.3 Å². The lowest BCUT2D eigenvalue weighted by Gasteiger charge is -2.07. The number of nitrogens with zero attached hydrogens (tertiary/aromatic N) is 1. The summed E-state index contributed by atoms with van der Waals surface area (Å²) in [4.78, 5) is 3.97. The van der Waals surface area contributed by atoms with Gasteiger partial charge in [0, 0.05) is 24.9 Å². The molecule has 1 aromatic heterocycles. The molecule has 0 saturated heterocycles. The van der Waals surface area contributed by atoms with Crippen LogP contribution in [0.2, 0.25) is 0 Å². The van der Waals surface area contributed by atoms with E-state index < -0.39 is 11.6 Å². The Morgan fingerprint density at radius 1 is 1.21 bits per heavy atom. The molecule has 0 spiro atoms. The van der Waals surface area contributed by atoms with E-state index in [1.807, 2.05) is 13.0 Å². The fourth-order valence-electron chi connectivity index (χ4n) is 1.55. The summed E-state index contributed by atoms with van der Waals surface area (Å²) < 4.78 is 31.7. The predicted octanol–water partition coefficient (Wildman–Crippen LogP) is 3.26. The Morgan fingerprint density at radius 3 is 2.84 bits per heavy atom. The van der Waals surface area contributed by atoms with Crippen LogP contribution in [0.3, 0.4) is 0 Å². The summed E-state index contributed by atoms with van der Waals surface area (Å²) in [6, 6.07) is 6.57. The zero-order chi connectivity index (χ0) is 13.7. The number of hydrogen-bond donors (Lipinski definition) is 1. The second-order valence-electron chi connectivity index (χ2n) is 3.96. The van der Waals surface area contributed by atoms with Gasteiger partial charge >= 0.3 is 0 Å². The number of rotatable bonds is 5. The third-order valence-corrected chi connectivity index (χ3v) is 2.49. The molecule has 0 aliphatic rings. The van der Waals surface area contributed by atoms with Crippen molar-refractivity contribution in [1.29, 1.82) is 0 Å². The average Bonchev–Trinajstić information content (AvgIpc) is 2.41. The first-order chi connectivity index (χ1) is 9.19. The Morgan fingerprint density at radius 2 is 2.05 bits per heavy atom. The molecule has 0 unspecified atom stereocenters. The molecule has 1 aromatic carbocycles. The molecule has 3 nitrogen and oxygen atoms in total. The second kappa shape index (κ2) is 6.24. The van der Waals surface area contributed by atoms with Gasteiger partial charge in [0.2, 0.25) is 5.88 Å². The lowest BCUT2D eigenvalue weighted by molar-refractivity contribution is 0.422. The molecular formula is C14H14F2N2O. The average molecular weight is 264 g/mol. The van der Waals surface area contributed by atoms with Crippen molar-refractivity contribution in [2.24, 2.45) is 0 Å². The summed E-state index contributed by atoms with van der Waals surface area (Å²) in [5.41, 5.74) is 0.962. The normalized spacial score (nSPS) is 10.5. The van der Waals surface area contributed by atoms with Gasteiger partial charge in [0.15, 0.2) is 11.6 Å². The molecule has 0 amide bonds. The van der Waals surface area contributed by atoms with Crippen LogP contribution in [0.5, 0.6) is 11.6 Å². The lowest BCUT2D eigenvalue weighted by atomic mass is 10.2. The quantitative estimate of drug-likeness (QED) is 0.900. The lowest BCUT2D eigenvalue weighted by Crippen LogP contribution is -2.11. The molecule has 19 heavy (non-hydrogen) atoms. The largest absolute Gasteiger partial charge is 0.436 e. The van der Waals surface area contributed by atoms with E-state index in [4.69, 9.17) is 4.74 Å². The highest BCUT2D eigenvalue weighted by atomic mass is 19.1. The summed E-state index contributed by atoms with van der Waals surface area (Å²) in [6.07, 6.45) is 1.57. The van der Waals surface area contributed by atoms with Crippen molar-refractivity contribution in [3.05, 3.63) is 53.7 Å². The Bertz CT molecular complexity index is 561. The molecule has 0 atom stereocenters. The van der Waals surface area contributed by atoms with Crippen LogP contribution in [0.4, 0.5) is 8.78 Å². The summed E-state index contributed by atoms with van der Waals surface area (Å²) in [6.45, 7) is 3.51. The number of hydrogen-bond acceptors (Lipinski definition) is 3. The van der Waals surface area contributed by atoms with Gasteiger partial charge in [0.1, 0.15) is 5.82 Å². The summed E-state index contributed by atoms with van der Waals surface area (Å²) >= 11 is 0. The highest BCUT2D eigenvalue weighted by molar-refractivity contribution is 5.30. The van der Waals surface area contributed by atoms with Gasteiger partial charge in [-0.1, -0.05) is 6.92 Å². The molecule has 1 N–H and O–H groups in total. The maximum atomic E-state index is 13.4. The maximum Gasteiger partial charge on any atom is 0.219 e. The van der Waals surface area contributed by atoms with Crippen molar-refractivity contribution in [1.82, 2.24) is 10.3 Å². The number of halogens is 2. The molecule has 0 radical (unpaired) electrons. The Hall–Kier alpha value is -2.01.